The molecule has 1 aliphatic heterocycles. The molecule has 1 fully saturated rings. The molecule has 7 heteroatoms. The van der Waals surface area contributed by atoms with Crippen LogP contribution in [0, 0.1) is 5.92 Å². The van der Waals surface area contributed by atoms with Crippen LogP contribution in [0.25, 0.3) is 0 Å². The molecule has 6 nitrogen and oxygen atoms in total. The molecule has 4 rings (SSSR count). The number of aliphatic hydroxyl groups is 1. The van der Waals surface area contributed by atoms with Crippen LogP contribution in [0.15, 0.2) is 77.7 Å². The summed E-state index contributed by atoms with van der Waals surface area (Å²) in [5.41, 5.74) is 3.43. The summed E-state index contributed by atoms with van der Waals surface area (Å²) in [4.78, 5) is 12.6. The van der Waals surface area contributed by atoms with Crippen LogP contribution in [-0.4, -0.2) is 30.0 Å². The lowest BCUT2D eigenvalue weighted by Gasteiger charge is -2.41. The lowest BCUT2D eigenvalue weighted by atomic mass is 9.91. The standard InChI is InChI=1S/C28H31NO5S/c1-18-25(17-35-26-10-5-4-9-24(26)32-3)33-28(22-7-6-8-23(15-22)29-19(2)31)34-27(18)21-13-11-20(16-30)12-14-21/h4-15,18,25,27-28,30H,16-17H2,1-3H3,(H,29,31)/t18-,25+,27+,28+/m0/s1. The number of hydrogen-bond donors (Lipinski definition) is 2. The molecule has 1 saturated heterocycles. The monoisotopic (exact) mass is 493 g/mol. The van der Waals surface area contributed by atoms with Crippen LogP contribution in [0.2, 0.25) is 0 Å². The highest BCUT2D eigenvalue weighted by Gasteiger charge is 2.38. The zero-order chi connectivity index (χ0) is 24.8. The van der Waals surface area contributed by atoms with Gasteiger partial charge < -0.3 is 24.6 Å². The van der Waals surface area contributed by atoms with E-state index in [1.807, 2.05) is 72.8 Å². The molecule has 0 radical (unpaired) electrons. The van der Waals surface area contributed by atoms with E-state index in [0.29, 0.717) is 5.69 Å². The number of nitrogens with one attached hydrogen (secondary N) is 1. The molecule has 0 unspecified atom stereocenters. The van der Waals surface area contributed by atoms with Gasteiger partial charge in [0, 0.05) is 34.7 Å². The van der Waals surface area contributed by atoms with E-state index >= 15 is 0 Å². The summed E-state index contributed by atoms with van der Waals surface area (Å²) < 4.78 is 18.5. The van der Waals surface area contributed by atoms with E-state index in [0.717, 1.165) is 33.1 Å². The molecule has 0 aromatic heterocycles. The first-order chi connectivity index (χ1) is 17.0. The molecule has 0 aliphatic carbocycles. The largest absolute Gasteiger partial charge is 0.496 e. The summed E-state index contributed by atoms with van der Waals surface area (Å²) in [7, 11) is 1.68. The van der Waals surface area contributed by atoms with Gasteiger partial charge in [0.25, 0.3) is 0 Å². The molecule has 4 atom stereocenters. The maximum atomic E-state index is 11.6. The van der Waals surface area contributed by atoms with Crippen molar-refractivity contribution in [2.45, 2.75) is 43.8 Å². The number of carbonyl (C=O) groups excluding carboxylic acids is 1. The lowest BCUT2D eigenvalue weighted by molar-refractivity contribution is -0.268. The fourth-order valence-electron chi connectivity index (χ4n) is 4.19. The minimum absolute atomic E-state index is 0.00120. The Kier molecular flexibility index (Phi) is 8.46. The molecule has 0 bridgehead atoms. The summed E-state index contributed by atoms with van der Waals surface area (Å²) in [6, 6.07) is 23.4. The average molecular weight is 494 g/mol. The number of carbonyl (C=O) groups is 1. The quantitative estimate of drug-likeness (QED) is 0.390. The smallest absolute Gasteiger partial charge is 0.221 e. The summed E-state index contributed by atoms with van der Waals surface area (Å²) in [6.45, 7) is 3.63. The third-order valence-corrected chi connectivity index (χ3v) is 7.22. The third kappa shape index (κ3) is 6.24. The van der Waals surface area contributed by atoms with Gasteiger partial charge in [-0.05, 0) is 35.4 Å². The molecule has 3 aromatic rings. The van der Waals surface area contributed by atoms with Crippen molar-refractivity contribution in [3.05, 3.63) is 89.5 Å². The summed E-state index contributed by atoms with van der Waals surface area (Å²) in [5, 5.41) is 12.3. The molecule has 1 heterocycles. The van der Waals surface area contributed by atoms with E-state index in [-0.39, 0.29) is 30.6 Å². The second kappa shape index (κ2) is 11.7. The Hall–Kier alpha value is -2.84. The molecule has 0 spiro atoms. The summed E-state index contributed by atoms with van der Waals surface area (Å²) in [6.07, 6.45) is -0.893. The van der Waals surface area contributed by atoms with E-state index in [1.165, 1.54) is 6.92 Å². The number of benzene rings is 3. The second-order valence-corrected chi connectivity index (χ2v) is 9.65. The van der Waals surface area contributed by atoms with Crippen molar-refractivity contribution < 1.29 is 24.1 Å². The van der Waals surface area contributed by atoms with E-state index in [1.54, 1.807) is 18.9 Å². The fraction of sp³-hybridized carbons (Fsp3) is 0.321. The number of thioether (sulfide) groups is 1. The summed E-state index contributed by atoms with van der Waals surface area (Å²) in [5.74, 6) is 1.51. The number of methoxy groups -OCH3 is 1. The zero-order valence-corrected chi connectivity index (χ0v) is 21.0. The van der Waals surface area contributed by atoms with Gasteiger partial charge in [0.15, 0.2) is 6.29 Å². The van der Waals surface area contributed by atoms with Crippen LogP contribution >= 0.6 is 11.8 Å². The Morgan fingerprint density at radius 1 is 1.03 bits per heavy atom. The van der Waals surface area contributed by atoms with Gasteiger partial charge in [0.05, 0.1) is 25.9 Å². The minimum atomic E-state index is -0.592. The van der Waals surface area contributed by atoms with E-state index in [9.17, 15) is 9.90 Å². The van der Waals surface area contributed by atoms with Crippen LogP contribution in [0.1, 0.15) is 42.9 Å². The average Bonchev–Trinajstić information content (AvgIpc) is 2.88. The molecule has 35 heavy (non-hydrogen) atoms. The Bertz CT molecular complexity index is 1140. The maximum Gasteiger partial charge on any atom is 0.221 e. The zero-order valence-electron chi connectivity index (χ0n) is 20.1. The van der Waals surface area contributed by atoms with Gasteiger partial charge in [-0.3, -0.25) is 4.79 Å². The van der Waals surface area contributed by atoms with Crippen molar-refractivity contribution in [2.75, 3.05) is 18.2 Å². The van der Waals surface area contributed by atoms with E-state index < -0.39 is 6.29 Å². The number of amides is 1. The Morgan fingerprint density at radius 2 is 1.80 bits per heavy atom. The van der Waals surface area contributed by atoms with Crippen molar-refractivity contribution in [3.63, 3.8) is 0 Å². The van der Waals surface area contributed by atoms with Crippen molar-refractivity contribution in [3.8, 4) is 5.75 Å². The highest BCUT2D eigenvalue weighted by atomic mass is 32.2. The number of ether oxygens (including phenoxy) is 3. The van der Waals surface area contributed by atoms with Crippen LogP contribution in [-0.2, 0) is 20.9 Å². The Labute approximate surface area is 210 Å². The number of anilines is 1. The van der Waals surface area contributed by atoms with Crippen LogP contribution in [0.3, 0.4) is 0 Å². The number of aliphatic hydroxyl groups excluding tert-OH is 1. The van der Waals surface area contributed by atoms with Crippen LogP contribution in [0.5, 0.6) is 5.75 Å². The molecule has 3 aromatic carbocycles. The molecule has 2 N–H and O–H groups in total. The van der Waals surface area contributed by atoms with E-state index in [2.05, 4.69) is 12.2 Å². The first-order valence-electron chi connectivity index (χ1n) is 11.6. The topological polar surface area (TPSA) is 77.0 Å². The fourth-order valence-corrected chi connectivity index (χ4v) is 5.38. The summed E-state index contributed by atoms with van der Waals surface area (Å²) >= 11 is 1.70. The highest BCUT2D eigenvalue weighted by Crippen LogP contribution is 2.43. The van der Waals surface area contributed by atoms with Crippen LogP contribution < -0.4 is 10.1 Å². The highest BCUT2D eigenvalue weighted by molar-refractivity contribution is 7.99. The number of para-hydroxylation sites is 1. The van der Waals surface area contributed by atoms with Gasteiger partial charge in [-0.25, -0.2) is 0 Å². The predicted molar refractivity (Wildman–Crippen MR) is 137 cm³/mol. The Balaban J connectivity index is 1.61. The molecule has 184 valence electrons. The van der Waals surface area contributed by atoms with Gasteiger partial charge in [0.2, 0.25) is 5.91 Å². The van der Waals surface area contributed by atoms with Crippen molar-refractivity contribution in [1.29, 1.82) is 0 Å². The van der Waals surface area contributed by atoms with Crippen LogP contribution in [0.4, 0.5) is 5.69 Å². The first kappa shape index (κ1) is 25.3. The molecular weight excluding hydrogens is 462 g/mol. The van der Waals surface area contributed by atoms with Crippen molar-refractivity contribution >= 4 is 23.4 Å². The maximum absolute atomic E-state index is 11.6. The predicted octanol–water partition coefficient (Wildman–Crippen LogP) is 5.73. The molecule has 1 amide bonds. The van der Waals surface area contributed by atoms with Gasteiger partial charge in [-0.1, -0.05) is 55.5 Å². The van der Waals surface area contributed by atoms with Gasteiger partial charge in [-0.15, -0.1) is 11.8 Å². The first-order valence-corrected chi connectivity index (χ1v) is 12.6. The number of hydrogen-bond acceptors (Lipinski definition) is 6. The molecule has 0 saturated carbocycles. The second-order valence-electron chi connectivity index (χ2n) is 8.59. The third-order valence-electron chi connectivity index (χ3n) is 6.07. The van der Waals surface area contributed by atoms with Gasteiger partial charge in [-0.2, -0.15) is 0 Å². The lowest BCUT2D eigenvalue weighted by Crippen LogP contribution is -2.38. The molecular formula is C28H31NO5S. The number of rotatable bonds is 8. The van der Waals surface area contributed by atoms with E-state index in [4.69, 9.17) is 14.2 Å². The van der Waals surface area contributed by atoms with Crippen molar-refractivity contribution in [2.24, 2.45) is 5.92 Å². The SMILES string of the molecule is COc1ccccc1SC[C@H]1O[C@@H](c2cccc(NC(C)=O)c2)O[C@@H](c2ccc(CO)cc2)[C@H]1C. The van der Waals surface area contributed by atoms with Gasteiger partial charge >= 0.3 is 0 Å². The van der Waals surface area contributed by atoms with Gasteiger partial charge in [0.1, 0.15) is 5.75 Å². The Morgan fingerprint density at radius 3 is 2.51 bits per heavy atom. The normalized spacial score (nSPS) is 21.9. The molecule has 1 aliphatic rings. The van der Waals surface area contributed by atoms with Crippen molar-refractivity contribution in [1.82, 2.24) is 0 Å². The minimum Gasteiger partial charge on any atom is -0.496 e.